The number of guanidine groups is 1. The maximum Gasteiger partial charge on any atom is 0.243 e. The van der Waals surface area contributed by atoms with Gasteiger partial charge in [-0.25, -0.2) is 4.99 Å². The standard InChI is InChI=1S/C17H28N4O2S.HI/c1-21(2)16(22)13-20-17(18-9-8-15-7-5-11-24-15)19-12-14-6-3-4-10-23-14;/h5,7,11,14H,3-4,6,8-10,12-13H2,1-2H3,(H2,18,19,20);1H. The quantitative estimate of drug-likeness (QED) is 0.357. The van der Waals surface area contributed by atoms with Crippen molar-refractivity contribution < 1.29 is 9.53 Å². The van der Waals surface area contributed by atoms with Crippen LogP contribution in [-0.2, 0) is 16.0 Å². The van der Waals surface area contributed by atoms with Crippen molar-refractivity contribution in [2.45, 2.75) is 31.8 Å². The number of halogens is 1. The fourth-order valence-corrected chi connectivity index (χ4v) is 3.11. The second-order valence-electron chi connectivity index (χ2n) is 6.08. The van der Waals surface area contributed by atoms with Gasteiger partial charge in [0.15, 0.2) is 5.96 Å². The molecule has 1 saturated heterocycles. The largest absolute Gasteiger partial charge is 0.376 e. The van der Waals surface area contributed by atoms with E-state index in [2.05, 4.69) is 33.1 Å². The fourth-order valence-electron chi connectivity index (χ4n) is 2.40. The van der Waals surface area contributed by atoms with E-state index in [1.54, 1.807) is 30.3 Å². The minimum absolute atomic E-state index is 0. The minimum atomic E-state index is -0.0109. The molecule has 8 heteroatoms. The van der Waals surface area contributed by atoms with E-state index in [-0.39, 0.29) is 42.5 Å². The third kappa shape index (κ3) is 8.87. The van der Waals surface area contributed by atoms with Crippen LogP contribution < -0.4 is 10.6 Å². The lowest BCUT2D eigenvalue weighted by Crippen LogP contribution is -2.43. The van der Waals surface area contributed by atoms with E-state index in [1.807, 2.05) is 0 Å². The second kappa shape index (κ2) is 12.5. The zero-order valence-electron chi connectivity index (χ0n) is 15.0. The van der Waals surface area contributed by atoms with E-state index >= 15 is 0 Å². The van der Waals surface area contributed by atoms with Crippen LogP contribution in [0.5, 0.6) is 0 Å². The molecule has 0 saturated carbocycles. The topological polar surface area (TPSA) is 66.0 Å². The molecule has 1 unspecified atom stereocenters. The van der Waals surface area contributed by atoms with E-state index in [9.17, 15) is 4.79 Å². The number of hydrogen-bond donors (Lipinski definition) is 2. The van der Waals surface area contributed by atoms with Gasteiger partial charge in [0.25, 0.3) is 0 Å². The monoisotopic (exact) mass is 480 g/mol. The van der Waals surface area contributed by atoms with Gasteiger partial charge in [-0.2, -0.15) is 0 Å². The number of nitrogens with zero attached hydrogens (tertiary/aromatic N) is 2. The van der Waals surface area contributed by atoms with Gasteiger partial charge in [-0.15, -0.1) is 35.3 Å². The summed E-state index contributed by atoms with van der Waals surface area (Å²) in [5, 5.41) is 8.70. The van der Waals surface area contributed by atoms with E-state index in [0.717, 1.165) is 39.0 Å². The first-order chi connectivity index (χ1) is 11.6. The number of nitrogens with one attached hydrogen (secondary N) is 2. The maximum atomic E-state index is 11.8. The van der Waals surface area contributed by atoms with Gasteiger partial charge in [0, 0.05) is 38.7 Å². The Kier molecular flexibility index (Phi) is 11.1. The van der Waals surface area contributed by atoms with Gasteiger partial charge in [0.2, 0.25) is 5.91 Å². The summed E-state index contributed by atoms with van der Waals surface area (Å²) >= 11 is 1.75. The normalized spacial score (nSPS) is 17.5. The van der Waals surface area contributed by atoms with Gasteiger partial charge >= 0.3 is 0 Å². The van der Waals surface area contributed by atoms with Crippen molar-refractivity contribution in [1.29, 1.82) is 0 Å². The Morgan fingerprint density at radius 3 is 2.88 bits per heavy atom. The molecular formula is C17H29IN4O2S. The van der Waals surface area contributed by atoms with Gasteiger partial charge < -0.3 is 20.3 Å². The highest BCUT2D eigenvalue weighted by Crippen LogP contribution is 2.11. The summed E-state index contributed by atoms with van der Waals surface area (Å²) in [6.45, 7) is 2.49. The van der Waals surface area contributed by atoms with Crippen molar-refractivity contribution >= 4 is 47.2 Å². The molecule has 2 rings (SSSR count). The third-order valence-electron chi connectivity index (χ3n) is 3.89. The summed E-state index contributed by atoms with van der Waals surface area (Å²) in [7, 11) is 3.48. The fraction of sp³-hybridized carbons (Fsp3) is 0.647. The summed E-state index contributed by atoms with van der Waals surface area (Å²) in [6.07, 6.45) is 4.61. The maximum absolute atomic E-state index is 11.8. The molecule has 0 spiro atoms. The molecule has 0 aliphatic carbocycles. The van der Waals surface area contributed by atoms with Crippen LogP contribution in [0, 0.1) is 0 Å². The van der Waals surface area contributed by atoms with Crippen LogP contribution in [0.3, 0.4) is 0 Å². The Bertz CT molecular complexity index is 517. The van der Waals surface area contributed by atoms with Crippen LogP contribution in [0.2, 0.25) is 0 Å². The van der Waals surface area contributed by atoms with Crippen molar-refractivity contribution in [1.82, 2.24) is 15.5 Å². The number of rotatable bonds is 7. The Labute approximate surface area is 171 Å². The predicted molar refractivity (Wildman–Crippen MR) is 114 cm³/mol. The average molecular weight is 480 g/mol. The number of carbonyl (C=O) groups excluding carboxylic acids is 1. The first-order valence-corrected chi connectivity index (χ1v) is 9.39. The molecule has 1 fully saturated rings. The zero-order valence-corrected chi connectivity index (χ0v) is 18.1. The minimum Gasteiger partial charge on any atom is -0.376 e. The molecule has 0 radical (unpaired) electrons. The second-order valence-corrected chi connectivity index (χ2v) is 7.11. The predicted octanol–water partition coefficient (Wildman–Crippen LogP) is 2.10. The zero-order chi connectivity index (χ0) is 17.2. The summed E-state index contributed by atoms with van der Waals surface area (Å²) in [5.41, 5.74) is 0. The van der Waals surface area contributed by atoms with Crippen LogP contribution in [-0.4, -0.2) is 63.2 Å². The van der Waals surface area contributed by atoms with Crippen LogP contribution >= 0.6 is 35.3 Å². The molecule has 0 aromatic carbocycles. The first-order valence-electron chi connectivity index (χ1n) is 8.51. The molecule has 142 valence electrons. The summed E-state index contributed by atoms with van der Waals surface area (Å²) < 4.78 is 5.74. The number of ether oxygens (including phenoxy) is 1. The van der Waals surface area contributed by atoms with E-state index < -0.39 is 0 Å². The molecule has 0 bridgehead atoms. The third-order valence-corrected chi connectivity index (χ3v) is 4.82. The van der Waals surface area contributed by atoms with Crippen molar-refractivity contribution in [3.8, 4) is 0 Å². The highest BCUT2D eigenvalue weighted by molar-refractivity contribution is 14.0. The summed E-state index contributed by atoms with van der Waals surface area (Å²) in [4.78, 5) is 19.0. The summed E-state index contributed by atoms with van der Waals surface area (Å²) in [5.74, 6) is 0.666. The van der Waals surface area contributed by atoms with E-state index in [0.29, 0.717) is 5.96 Å². The lowest BCUT2D eigenvalue weighted by Gasteiger charge is -2.24. The number of likely N-dealkylation sites (N-methyl/N-ethyl adjacent to an activating group) is 1. The number of carbonyl (C=O) groups is 1. The Hall–Kier alpha value is -0.870. The van der Waals surface area contributed by atoms with Crippen molar-refractivity contribution in [2.24, 2.45) is 4.99 Å². The molecule has 2 N–H and O–H groups in total. The lowest BCUT2D eigenvalue weighted by molar-refractivity contribution is -0.127. The molecule has 6 nitrogen and oxygen atoms in total. The van der Waals surface area contributed by atoms with Crippen LogP contribution in [0.15, 0.2) is 22.5 Å². The van der Waals surface area contributed by atoms with Crippen LogP contribution in [0.4, 0.5) is 0 Å². The van der Waals surface area contributed by atoms with Crippen LogP contribution in [0.1, 0.15) is 24.1 Å². The Morgan fingerprint density at radius 1 is 1.40 bits per heavy atom. The molecule has 1 aliphatic heterocycles. The smallest absolute Gasteiger partial charge is 0.243 e. The van der Waals surface area contributed by atoms with Crippen molar-refractivity contribution in [2.75, 3.05) is 40.3 Å². The molecule has 2 heterocycles. The molecule has 1 aliphatic rings. The first kappa shape index (κ1) is 22.2. The highest BCUT2D eigenvalue weighted by Gasteiger charge is 2.14. The molecule has 1 aromatic heterocycles. The Morgan fingerprint density at radius 2 is 2.24 bits per heavy atom. The molecular weight excluding hydrogens is 451 g/mol. The van der Waals surface area contributed by atoms with E-state index in [4.69, 9.17) is 4.74 Å². The van der Waals surface area contributed by atoms with Gasteiger partial charge in [-0.1, -0.05) is 6.07 Å². The van der Waals surface area contributed by atoms with Crippen molar-refractivity contribution in [3.05, 3.63) is 22.4 Å². The van der Waals surface area contributed by atoms with Gasteiger partial charge in [-0.05, 0) is 37.1 Å². The van der Waals surface area contributed by atoms with Gasteiger partial charge in [0.1, 0.15) is 6.54 Å². The molecule has 1 aromatic rings. The highest BCUT2D eigenvalue weighted by atomic mass is 127. The Balaban J connectivity index is 0.00000312. The molecule has 1 amide bonds. The molecule has 25 heavy (non-hydrogen) atoms. The number of thiophene rings is 1. The van der Waals surface area contributed by atoms with Gasteiger partial charge in [-0.3, -0.25) is 4.79 Å². The van der Waals surface area contributed by atoms with Gasteiger partial charge in [0.05, 0.1) is 6.10 Å². The van der Waals surface area contributed by atoms with Crippen molar-refractivity contribution in [3.63, 3.8) is 0 Å². The van der Waals surface area contributed by atoms with Crippen LogP contribution in [0.25, 0.3) is 0 Å². The molecule has 1 atom stereocenters. The number of amides is 1. The lowest BCUT2D eigenvalue weighted by atomic mass is 10.1. The van der Waals surface area contributed by atoms with E-state index in [1.165, 1.54) is 11.3 Å². The SMILES string of the molecule is CN(C)C(=O)CN=C(NCCc1cccs1)NCC1CCCCO1.I. The summed E-state index contributed by atoms with van der Waals surface area (Å²) in [6, 6.07) is 4.19. The number of aliphatic imine (C=N–C) groups is 1. The average Bonchev–Trinajstić information content (AvgIpc) is 3.10. The number of hydrogen-bond acceptors (Lipinski definition) is 4.